The highest BCUT2D eigenvalue weighted by Crippen LogP contribution is 2.36. The Bertz CT molecular complexity index is 1460. The molecule has 0 radical (unpaired) electrons. The molecule has 3 aromatic heterocycles. The van der Waals surface area contributed by atoms with Crippen molar-refractivity contribution in [2.75, 3.05) is 5.32 Å². The van der Waals surface area contributed by atoms with Gasteiger partial charge in [0.2, 0.25) is 0 Å². The Morgan fingerprint density at radius 3 is 2.97 bits per heavy atom. The molecule has 3 heterocycles. The van der Waals surface area contributed by atoms with Crippen LogP contribution < -0.4 is 5.32 Å². The minimum Gasteiger partial charge on any atom is -0.361 e. The Balaban J connectivity index is 1.70. The molecule has 0 aliphatic heterocycles. The molecule has 0 saturated carbocycles. The summed E-state index contributed by atoms with van der Waals surface area (Å²) in [5, 5.41) is 14.6. The maximum Gasteiger partial charge on any atom is 0.275 e. The third-order valence-electron chi connectivity index (χ3n) is 5.12. The summed E-state index contributed by atoms with van der Waals surface area (Å²) in [5.41, 5.74) is 4.62. The van der Waals surface area contributed by atoms with Gasteiger partial charge >= 0.3 is 0 Å². The number of aromatic nitrogens is 4. The second kappa shape index (κ2) is 7.48. The monoisotopic (exact) mass is 431 g/mol. The van der Waals surface area contributed by atoms with Gasteiger partial charge in [0.05, 0.1) is 16.2 Å². The van der Waals surface area contributed by atoms with Crippen molar-refractivity contribution >= 4 is 44.7 Å². The maximum atomic E-state index is 14.3. The van der Waals surface area contributed by atoms with E-state index in [1.807, 2.05) is 25.1 Å². The summed E-state index contributed by atoms with van der Waals surface area (Å²) in [4.78, 5) is 20.2. The van der Waals surface area contributed by atoms with Crippen molar-refractivity contribution < 1.29 is 9.18 Å². The number of H-pyrrole nitrogens is 2. The number of carbonyl (C=O) groups is 1. The van der Waals surface area contributed by atoms with Gasteiger partial charge in [0.25, 0.3) is 5.91 Å². The van der Waals surface area contributed by atoms with Gasteiger partial charge in [-0.1, -0.05) is 6.08 Å². The minimum absolute atomic E-state index is 0.306. The average Bonchev–Trinajstić information content (AvgIpc) is 3.47. The number of aromatic amines is 2. The van der Waals surface area contributed by atoms with Gasteiger partial charge in [0.15, 0.2) is 0 Å². The van der Waals surface area contributed by atoms with Crippen LogP contribution in [0.15, 0.2) is 54.6 Å². The standard InChI is InChI=1S/C23H18FN5OS/c1-3-4-17-22-19(27-23(30)21-11-31-12(2)26-21)7-13(8-20(22)29-28-17)16-9-14(24)10-18-15(16)5-6-25-18/h3,5-11,25H,1,4H2,2H3,(H,27,30)(H,28,29). The van der Waals surface area contributed by atoms with Crippen LogP contribution in [0.25, 0.3) is 32.9 Å². The molecule has 0 atom stereocenters. The van der Waals surface area contributed by atoms with Gasteiger partial charge in [-0.3, -0.25) is 9.89 Å². The Hall–Kier alpha value is -3.78. The molecule has 0 aliphatic carbocycles. The quantitative estimate of drug-likeness (QED) is 0.317. The van der Waals surface area contributed by atoms with Crippen molar-refractivity contribution in [1.29, 1.82) is 0 Å². The number of fused-ring (bicyclic) bond motifs is 2. The molecule has 8 heteroatoms. The van der Waals surface area contributed by atoms with Crippen LogP contribution in [0.1, 0.15) is 21.2 Å². The van der Waals surface area contributed by atoms with Crippen molar-refractivity contribution in [2.45, 2.75) is 13.3 Å². The number of anilines is 1. The van der Waals surface area contributed by atoms with Gasteiger partial charge in [-0.2, -0.15) is 5.10 Å². The fourth-order valence-electron chi connectivity index (χ4n) is 3.79. The van der Waals surface area contributed by atoms with Crippen molar-refractivity contribution in [3.05, 3.63) is 76.8 Å². The number of amides is 1. The van der Waals surface area contributed by atoms with E-state index >= 15 is 0 Å². The molecule has 0 aliphatic rings. The number of thiazole rings is 1. The Morgan fingerprint density at radius 1 is 1.32 bits per heavy atom. The molecule has 3 N–H and O–H groups in total. The summed E-state index contributed by atoms with van der Waals surface area (Å²) in [6, 6.07) is 8.59. The van der Waals surface area contributed by atoms with Crippen LogP contribution in [-0.4, -0.2) is 26.1 Å². The fraction of sp³-hybridized carbons (Fsp3) is 0.0870. The van der Waals surface area contributed by atoms with Crippen LogP contribution in [0.2, 0.25) is 0 Å². The molecular weight excluding hydrogens is 413 g/mol. The van der Waals surface area contributed by atoms with Crippen LogP contribution in [0, 0.1) is 12.7 Å². The number of nitrogens with zero attached hydrogens (tertiary/aromatic N) is 2. The molecule has 6 nitrogen and oxygen atoms in total. The molecule has 5 aromatic rings. The van der Waals surface area contributed by atoms with Crippen molar-refractivity contribution in [2.24, 2.45) is 0 Å². The topological polar surface area (TPSA) is 86.5 Å². The lowest BCUT2D eigenvalue weighted by Gasteiger charge is -2.11. The number of rotatable bonds is 5. The second-order valence-corrected chi connectivity index (χ2v) is 8.27. The summed E-state index contributed by atoms with van der Waals surface area (Å²) >= 11 is 1.42. The Labute approximate surface area is 180 Å². The smallest absolute Gasteiger partial charge is 0.275 e. The largest absolute Gasteiger partial charge is 0.361 e. The summed E-state index contributed by atoms with van der Waals surface area (Å²) in [6.07, 6.45) is 4.11. The fourth-order valence-corrected chi connectivity index (χ4v) is 4.38. The van der Waals surface area contributed by atoms with E-state index in [-0.39, 0.29) is 11.7 Å². The lowest BCUT2D eigenvalue weighted by molar-refractivity contribution is 0.102. The van der Waals surface area contributed by atoms with Crippen LogP contribution >= 0.6 is 11.3 Å². The van der Waals surface area contributed by atoms with E-state index in [9.17, 15) is 9.18 Å². The molecule has 5 rings (SSSR count). The van der Waals surface area contributed by atoms with E-state index in [2.05, 4.69) is 32.1 Å². The van der Waals surface area contributed by atoms with E-state index in [0.717, 1.165) is 27.0 Å². The summed E-state index contributed by atoms with van der Waals surface area (Å²) in [5.74, 6) is -0.650. The lowest BCUT2D eigenvalue weighted by atomic mass is 9.98. The van der Waals surface area contributed by atoms with Crippen LogP contribution in [0.5, 0.6) is 0 Å². The zero-order valence-corrected chi connectivity index (χ0v) is 17.4. The molecular formula is C23H18FN5OS. The summed E-state index contributed by atoms with van der Waals surface area (Å²) in [6.45, 7) is 5.65. The number of benzene rings is 2. The van der Waals surface area contributed by atoms with Gasteiger partial charge < -0.3 is 10.3 Å². The van der Waals surface area contributed by atoms with Crippen LogP contribution in [0.3, 0.4) is 0 Å². The molecule has 0 saturated heterocycles. The van der Waals surface area contributed by atoms with Gasteiger partial charge in [-0.15, -0.1) is 17.9 Å². The van der Waals surface area contributed by atoms with E-state index < -0.39 is 0 Å². The number of hydrogen-bond acceptors (Lipinski definition) is 4. The van der Waals surface area contributed by atoms with Crippen molar-refractivity contribution in [3.63, 3.8) is 0 Å². The lowest BCUT2D eigenvalue weighted by Crippen LogP contribution is -2.13. The van der Waals surface area contributed by atoms with E-state index in [1.165, 1.54) is 23.5 Å². The Morgan fingerprint density at radius 2 is 2.19 bits per heavy atom. The maximum absolute atomic E-state index is 14.3. The molecule has 0 unspecified atom stereocenters. The van der Waals surface area contributed by atoms with Crippen LogP contribution in [-0.2, 0) is 6.42 Å². The predicted octanol–water partition coefficient (Wildman–Crippen LogP) is 5.60. The number of allylic oxidation sites excluding steroid dienone is 1. The third-order valence-corrected chi connectivity index (χ3v) is 5.90. The van der Waals surface area contributed by atoms with Gasteiger partial charge in [0.1, 0.15) is 11.5 Å². The number of halogens is 1. The highest BCUT2D eigenvalue weighted by Gasteiger charge is 2.18. The molecule has 154 valence electrons. The van der Waals surface area contributed by atoms with E-state index in [4.69, 9.17) is 0 Å². The van der Waals surface area contributed by atoms with E-state index in [1.54, 1.807) is 17.7 Å². The first-order valence-electron chi connectivity index (χ1n) is 9.66. The predicted molar refractivity (Wildman–Crippen MR) is 122 cm³/mol. The second-order valence-electron chi connectivity index (χ2n) is 7.21. The van der Waals surface area contributed by atoms with E-state index in [0.29, 0.717) is 34.4 Å². The van der Waals surface area contributed by atoms with Gasteiger partial charge in [0, 0.05) is 40.0 Å². The first kappa shape index (κ1) is 19.2. The number of nitrogens with one attached hydrogen (secondary N) is 3. The highest BCUT2D eigenvalue weighted by atomic mass is 32.1. The van der Waals surface area contributed by atoms with Crippen LogP contribution in [0.4, 0.5) is 10.1 Å². The molecule has 0 bridgehead atoms. The third kappa shape index (κ3) is 3.40. The summed E-state index contributed by atoms with van der Waals surface area (Å²) in [7, 11) is 0. The Kier molecular flexibility index (Phi) is 4.63. The number of carbonyl (C=O) groups excluding carboxylic acids is 1. The first-order valence-corrected chi connectivity index (χ1v) is 10.5. The highest BCUT2D eigenvalue weighted by molar-refractivity contribution is 7.09. The minimum atomic E-state index is -0.344. The zero-order chi connectivity index (χ0) is 21.5. The van der Waals surface area contributed by atoms with Crippen molar-refractivity contribution in [3.8, 4) is 11.1 Å². The molecule has 2 aromatic carbocycles. The van der Waals surface area contributed by atoms with Gasteiger partial charge in [-0.25, -0.2) is 9.37 Å². The molecule has 1 amide bonds. The first-order chi connectivity index (χ1) is 15.0. The normalized spacial score (nSPS) is 11.3. The van der Waals surface area contributed by atoms with Gasteiger partial charge in [-0.05, 0) is 48.4 Å². The number of hydrogen-bond donors (Lipinski definition) is 3. The SMILES string of the molecule is C=CCc1[nH]nc2cc(-c3cc(F)cc4[nH]ccc34)cc(NC(=O)c3csc(C)n3)c12. The molecule has 0 spiro atoms. The number of aryl methyl sites for hydroxylation is 1. The summed E-state index contributed by atoms with van der Waals surface area (Å²) < 4.78 is 14.3. The zero-order valence-electron chi connectivity index (χ0n) is 16.6. The molecule has 0 fully saturated rings. The molecule has 31 heavy (non-hydrogen) atoms. The van der Waals surface area contributed by atoms with Crippen molar-refractivity contribution in [1.82, 2.24) is 20.2 Å². The average molecular weight is 431 g/mol.